The maximum atomic E-state index is 10.8. The molecule has 0 aliphatic carbocycles. The standard InChI is InChI=1S/C15H16N2O4S/c18-12-7-17(9-14-16-5-6-22-14)8-13(12)21-11-3-1-10(2-4-11)15(19)20/h1-6,12-13,18H,7-9H2,(H,19,20)/t12-,13-/m1/s1. The van der Waals surface area contributed by atoms with E-state index in [0.717, 1.165) is 5.01 Å². The maximum absolute atomic E-state index is 10.8. The number of rotatable bonds is 5. The molecule has 1 saturated heterocycles. The average Bonchev–Trinajstić information content (AvgIpc) is 3.11. The van der Waals surface area contributed by atoms with Crippen molar-refractivity contribution in [1.82, 2.24) is 9.88 Å². The molecule has 116 valence electrons. The molecule has 0 radical (unpaired) electrons. The zero-order valence-corrected chi connectivity index (χ0v) is 12.6. The summed E-state index contributed by atoms with van der Waals surface area (Å²) in [5.74, 6) is -0.410. The van der Waals surface area contributed by atoms with Crippen molar-refractivity contribution < 1.29 is 19.7 Å². The number of aromatic nitrogens is 1. The van der Waals surface area contributed by atoms with Crippen molar-refractivity contribution in [3.63, 3.8) is 0 Å². The van der Waals surface area contributed by atoms with Gasteiger partial charge in [0.2, 0.25) is 0 Å². The number of carbonyl (C=O) groups is 1. The molecule has 1 aliphatic rings. The first-order chi connectivity index (χ1) is 10.6. The lowest BCUT2D eigenvalue weighted by atomic mass is 10.2. The van der Waals surface area contributed by atoms with Crippen molar-refractivity contribution in [3.8, 4) is 5.75 Å². The molecule has 2 N–H and O–H groups in total. The molecule has 0 spiro atoms. The highest BCUT2D eigenvalue weighted by Gasteiger charge is 2.33. The van der Waals surface area contributed by atoms with Gasteiger partial charge in [-0.25, -0.2) is 9.78 Å². The fourth-order valence-electron chi connectivity index (χ4n) is 2.45. The summed E-state index contributed by atoms with van der Waals surface area (Å²) in [6.45, 7) is 1.85. The highest BCUT2D eigenvalue weighted by molar-refractivity contribution is 7.09. The highest BCUT2D eigenvalue weighted by atomic mass is 32.1. The molecular weight excluding hydrogens is 304 g/mol. The van der Waals surface area contributed by atoms with Crippen molar-refractivity contribution in [2.45, 2.75) is 18.8 Å². The molecule has 1 aromatic carbocycles. The van der Waals surface area contributed by atoms with Crippen molar-refractivity contribution in [2.75, 3.05) is 13.1 Å². The Balaban J connectivity index is 1.59. The zero-order valence-electron chi connectivity index (χ0n) is 11.8. The summed E-state index contributed by atoms with van der Waals surface area (Å²) >= 11 is 1.59. The summed E-state index contributed by atoms with van der Waals surface area (Å²) in [5.41, 5.74) is 0.213. The SMILES string of the molecule is O=C(O)c1ccc(O[C@@H]2CN(Cc3nccs3)C[C@H]2O)cc1. The molecule has 2 heterocycles. The Bertz CT molecular complexity index is 630. The van der Waals surface area contributed by atoms with Crippen LogP contribution >= 0.6 is 11.3 Å². The molecule has 6 nitrogen and oxygen atoms in total. The lowest BCUT2D eigenvalue weighted by Crippen LogP contribution is -2.29. The summed E-state index contributed by atoms with van der Waals surface area (Å²) in [4.78, 5) is 17.1. The molecule has 2 aromatic rings. The third kappa shape index (κ3) is 3.44. The third-order valence-corrected chi connectivity index (χ3v) is 4.31. The van der Waals surface area contributed by atoms with Gasteiger partial charge in [0.1, 0.15) is 23.0 Å². The van der Waals surface area contributed by atoms with Gasteiger partial charge in [-0.15, -0.1) is 11.3 Å². The number of likely N-dealkylation sites (tertiary alicyclic amines) is 1. The number of β-amino-alcohol motifs (C(OH)–C–C–N with tert-alkyl or cyclic N) is 1. The number of hydrogen-bond acceptors (Lipinski definition) is 6. The van der Waals surface area contributed by atoms with Gasteiger partial charge >= 0.3 is 5.97 Å². The first-order valence-corrected chi connectivity index (χ1v) is 7.78. The number of carboxylic acid groups (broad SMARTS) is 1. The van der Waals surface area contributed by atoms with Crippen LogP contribution < -0.4 is 4.74 Å². The summed E-state index contributed by atoms with van der Waals surface area (Å²) in [6.07, 6.45) is 0.875. The van der Waals surface area contributed by atoms with Gasteiger partial charge in [0, 0.05) is 24.7 Å². The van der Waals surface area contributed by atoms with Crippen molar-refractivity contribution >= 4 is 17.3 Å². The van der Waals surface area contributed by atoms with Crippen molar-refractivity contribution in [1.29, 1.82) is 0 Å². The van der Waals surface area contributed by atoms with Gasteiger partial charge in [0.05, 0.1) is 12.1 Å². The molecule has 0 bridgehead atoms. The summed E-state index contributed by atoms with van der Waals surface area (Å²) in [6, 6.07) is 6.21. The minimum Gasteiger partial charge on any atom is -0.486 e. The first kappa shape index (κ1) is 15.0. The molecule has 2 atom stereocenters. The number of aliphatic hydroxyl groups excluding tert-OH is 1. The number of hydrogen-bond donors (Lipinski definition) is 2. The third-order valence-electron chi connectivity index (χ3n) is 3.54. The molecule has 0 unspecified atom stereocenters. The Morgan fingerprint density at radius 1 is 1.36 bits per heavy atom. The van der Waals surface area contributed by atoms with Gasteiger partial charge in [-0.1, -0.05) is 0 Å². The molecule has 1 aromatic heterocycles. The van der Waals surface area contributed by atoms with E-state index < -0.39 is 12.1 Å². The number of ether oxygens (including phenoxy) is 1. The van der Waals surface area contributed by atoms with Crippen LogP contribution in [0, 0.1) is 0 Å². The molecule has 1 fully saturated rings. The van der Waals surface area contributed by atoms with E-state index in [1.807, 2.05) is 5.38 Å². The average molecular weight is 320 g/mol. The van der Waals surface area contributed by atoms with Crippen molar-refractivity contribution in [2.24, 2.45) is 0 Å². The monoisotopic (exact) mass is 320 g/mol. The van der Waals surface area contributed by atoms with E-state index in [0.29, 0.717) is 25.4 Å². The summed E-state index contributed by atoms with van der Waals surface area (Å²) < 4.78 is 5.77. The largest absolute Gasteiger partial charge is 0.486 e. The van der Waals surface area contributed by atoms with Crippen LogP contribution in [0.2, 0.25) is 0 Å². The fraction of sp³-hybridized carbons (Fsp3) is 0.333. The quantitative estimate of drug-likeness (QED) is 0.868. The predicted octanol–water partition coefficient (Wildman–Crippen LogP) is 1.47. The number of aromatic carboxylic acids is 1. The Hall–Kier alpha value is -1.96. The van der Waals surface area contributed by atoms with Crippen molar-refractivity contribution in [3.05, 3.63) is 46.4 Å². The van der Waals surface area contributed by atoms with Gasteiger partial charge in [-0.3, -0.25) is 4.90 Å². The Labute approximate surface area is 131 Å². The molecule has 0 saturated carbocycles. The van der Waals surface area contributed by atoms with Crippen LogP contribution in [0.25, 0.3) is 0 Å². The Morgan fingerprint density at radius 2 is 2.14 bits per heavy atom. The maximum Gasteiger partial charge on any atom is 0.335 e. The molecule has 0 amide bonds. The van der Waals surface area contributed by atoms with Crippen LogP contribution in [-0.4, -0.2) is 51.4 Å². The van der Waals surface area contributed by atoms with E-state index in [2.05, 4.69) is 9.88 Å². The van der Waals surface area contributed by atoms with E-state index in [9.17, 15) is 9.90 Å². The van der Waals surface area contributed by atoms with Gasteiger partial charge in [-0.05, 0) is 24.3 Å². The Morgan fingerprint density at radius 3 is 2.77 bits per heavy atom. The van der Waals surface area contributed by atoms with Crippen LogP contribution in [0.3, 0.4) is 0 Å². The highest BCUT2D eigenvalue weighted by Crippen LogP contribution is 2.21. The van der Waals surface area contributed by atoms with E-state index in [-0.39, 0.29) is 11.7 Å². The summed E-state index contributed by atoms with van der Waals surface area (Å²) in [5, 5.41) is 21.9. The normalized spacial score (nSPS) is 21.9. The van der Waals surface area contributed by atoms with Gasteiger partial charge in [0.15, 0.2) is 0 Å². The minimum atomic E-state index is -0.970. The molecular formula is C15H16N2O4S. The number of benzene rings is 1. The van der Waals surface area contributed by atoms with Gasteiger partial charge in [0.25, 0.3) is 0 Å². The molecule has 7 heteroatoms. The molecule has 1 aliphatic heterocycles. The van der Waals surface area contributed by atoms with E-state index in [1.54, 1.807) is 29.7 Å². The van der Waals surface area contributed by atoms with E-state index in [4.69, 9.17) is 9.84 Å². The predicted molar refractivity (Wildman–Crippen MR) is 81.2 cm³/mol. The summed E-state index contributed by atoms with van der Waals surface area (Å²) in [7, 11) is 0. The topological polar surface area (TPSA) is 82.9 Å². The van der Waals surface area contributed by atoms with E-state index in [1.165, 1.54) is 12.1 Å². The Kier molecular flexibility index (Phi) is 4.37. The zero-order chi connectivity index (χ0) is 15.5. The molecule has 3 rings (SSSR count). The second-order valence-electron chi connectivity index (χ2n) is 5.17. The van der Waals surface area contributed by atoms with Crippen LogP contribution in [0.1, 0.15) is 15.4 Å². The second kappa shape index (κ2) is 6.43. The minimum absolute atomic E-state index is 0.213. The van der Waals surface area contributed by atoms with E-state index >= 15 is 0 Å². The fourth-order valence-corrected chi connectivity index (χ4v) is 3.11. The smallest absolute Gasteiger partial charge is 0.335 e. The number of carboxylic acids is 1. The first-order valence-electron chi connectivity index (χ1n) is 6.90. The lowest BCUT2D eigenvalue weighted by molar-refractivity contribution is 0.0693. The second-order valence-corrected chi connectivity index (χ2v) is 6.15. The van der Waals surface area contributed by atoms with Crippen LogP contribution in [0.15, 0.2) is 35.8 Å². The van der Waals surface area contributed by atoms with Crippen LogP contribution in [-0.2, 0) is 6.54 Å². The van der Waals surface area contributed by atoms with Crippen LogP contribution in [0.5, 0.6) is 5.75 Å². The van der Waals surface area contributed by atoms with Gasteiger partial charge in [-0.2, -0.15) is 0 Å². The van der Waals surface area contributed by atoms with Gasteiger partial charge < -0.3 is 14.9 Å². The number of aliphatic hydroxyl groups is 1. The van der Waals surface area contributed by atoms with Crippen LogP contribution in [0.4, 0.5) is 0 Å². The number of thiazole rings is 1. The lowest BCUT2D eigenvalue weighted by Gasteiger charge is -2.16. The molecule has 22 heavy (non-hydrogen) atoms. The number of nitrogens with zero attached hydrogens (tertiary/aromatic N) is 2.